The van der Waals surface area contributed by atoms with Gasteiger partial charge in [0.25, 0.3) is 0 Å². The highest BCUT2D eigenvalue weighted by Gasteiger charge is 2.41. The van der Waals surface area contributed by atoms with Gasteiger partial charge in [0, 0.05) is 38.9 Å². The number of nitrogens with one attached hydrogen (secondary N) is 2. The van der Waals surface area contributed by atoms with Gasteiger partial charge in [-0.25, -0.2) is 13.6 Å². The predicted molar refractivity (Wildman–Crippen MR) is 137 cm³/mol. The van der Waals surface area contributed by atoms with Gasteiger partial charge in [-0.1, -0.05) is 33.1 Å². The van der Waals surface area contributed by atoms with E-state index in [1.54, 1.807) is 11.9 Å². The molecule has 0 aliphatic carbocycles. The number of halogens is 2. The number of hydrogen-bond donors (Lipinski definition) is 3. The lowest BCUT2D eigenvalue weighted by atomic mass is 9.94. The second-order valence-electron chi connectivity index (χ2n) is 10.2. The van der Waals surface area contributed by atoms with Crippen molar-refractivity contribution < 1.29 is 28.2 Å². The minimum absolute atomic E-state index is 0.0335. The van der Waals surface area contributed by atoms with Crippen LogP contribution in [0.15, 0.2) is 18.2 Å². The molecule has 2 fully saturated rings. The number of benzene rings is 1. The number of rotatable bonds is 14. The Labute approximate surface area is 218 Å². The van der Waals surface area contributed by atoms with Gasteiger partial charge in [0.15, 0.2) is 0 Å². The standard InChI is InChI=1S/C27H42F2N4O4/c1-4-6-8-9-33-17-24(32(3)27(33)36)26(35)31-23(13-18-11-19(28)14-20(29)12-18)25(34)22-15-21(16-30-22)37-10-7-5-2/h11-12,14,21-25,30,34H,4-10,13,15-17H2,1-3H3,(H,31,35)/t21-,22-,23+,24?,25-/m1/s1. The molecule has 2 aliphatic rings. The average Bonchev–Trinajstić information content (AvgIpc) is 3.43. The summed E-state index contributed by atoms with van der Waals surface area (Å²) in [5.74, 6) is -1.84. The molecule has 3 rings (SSSR count). The molecule has 0 aromatic heterocycles. The molecule has 5 atom stereocenters. The van der Waals surface area contributed by atoms with Gasteiger partial charge in [-0.3, -0.25) is 4.79 Å². The maximum atomic E-state index is 13.9. The summed E-state index contributed by atoms with van der Waals surface area (Å²) in [6, 6.07) is 1.10. The lowest BCUT2D eigenvalue weighted by Gasteiger charge is -2.30. The van der Waals surface area contributed by atoms with Crippen LogP contribution in [0.4, 0.5) is 13.6 Å². The lowest BCUT2D eigenvalue weighted by Crippen LogP contribution is -2.56. The van der Waals surface area contributed by atoms with Crippen molar-refractivity contribution in [2.75, 3.05) is 33.3 Å². The van der Waals surface area contributed by atoms with E-state index in [-0.39, 0.29) is 31.1 Å². The van der Waals surface area contributed by atoms with E-state index in [2.05, 4.69) is 24.5 Å². The van der Waals surface area contributed by atoms with Gasteiger partial charge in [-0.05, 0) is 43.4 Å². The molecule has 2 saturated heterocycles. The predicted octanol–water partition coefficient (Wildman–Crippen LogP) is 2.83. The second kappa shape index (κ2) is 14.0. The van der Waals surface area contributed by atoms with Crippen molar-refractivity contribution in [2.45, 2.75) is 89.1 Å². The number of carbonyl (C=O) groups excluding carboxylic acids is 2. The third kappa shape index (κ3) is 8.09. The van der Waals surface area contributed by atoms with Crippen LogP contribution in [0, 0.1) is 11.6 Å². The fourth-order valence-electron chi connectivity index (χ4n) is 5.08. The zero-order valence-electron chi connectivity index (χ0n) is 22.2. The van der Waals surface area contributed by atoms with Crippen LogP contribution in [0.2, 0.25) is 0 Å². The van der Waals surface area contributed by atoms with E-state index in [1.807, 2.05) is 0 Å². The summed E-state index contributed by atoms with van der Waals surface area (Å²) in [4.78, 5) is 29.1. The molecule has 8 nitrogen and oxygen atoms in total. The smallest absolute Gasteiger partial charge is 0.320 e. The van der Waals surface area contributed by atoms with Crippen LogP contribution in [0.3, 0.4) is 0 Å². The van der Waals surface area contributed by atoms with E-state index in [0.717, 1.165) is 38.2 Å². The molecule has 0 radical (unpaired) electrons. The van der Waals surface area contributed by atoms with Gasteiger partial charge in [-0.2, -0.15) is 0 Å². The molecule has 0 spiro atoms. The Hall–Kier alpha value is -2.30. The highest BCUT2D eigenvalue weighted by Crippen LogP contribution is 2.21. The Morgan fingerprint density at radius 2 is 1.89 bits per heavy atom. The molecule has 10 heteroatoms. The van der Waals surface area contributed by atoms with E-state index in [1.165, 1.54) is 17.0 Å². The Bertz CT molecular complexity index is 885. The molecule has 0 bridgehead atoms. The number of hydrogen-bond acceptors (Lipinski definition) is 5. The van der Waals surface area contributed by atoms with E-state index in [9.17, 15) is 23.5 Å². The molecule has 3 N–H and O–H groups in total. The maximum absolute atomic E-state index is 13.9. The van der Waals surface area contributed by atoms with Crippen molar-refractivity contribution >= 4 is 11.9 Å². The highest BCUT2D eigenvalue weighted by atomic mass is 19.1. The quantitative estimate of drug-likeness (QED) is 0.326. The molecule has 2 heterocycles. The van der Waals surface area contributed by atoms with Crippen molar-refractivity contribution in [1.82, 2.24) is 20.4 Å². The fourth-order valence-corrected chi connectivity index (χ4v) is 5.08. The van der Waals surface area contributed by atoms with Crippen molar-refractivity contribution in [2.24, 2.45) is 0 Å². The summed E-state index contributed by atoms with van der Waals surface area (Å²) in [5, 5.41) is 17.5. The second-order valence-corrected chi connectivity index (χ2v) is 10.2. The van der Waals surface area contributed by atoms with E-state index >= 15 is 0 Å². The van der Waals surface area contributed by atoms with Crippen LogP contribution < -0.4 is 10.6 Å². The fraction of sp³-hybridized carbons (Fsp3) is 0.704. The number of unbranched alkanes of at least 4 members (excludes halogenated alkanes) is 3. The number of likely N-dealkylation sites (N-methyl/N-ethyl adjacent to an activating group) is 1. The Morgan fingerprint density at radius 1 is 1.19 bits per heavy atom. The zero-order valence-corrected chi connectivity index (χ0v) is 22.2. The van der Waals surface area contributed by atoms with E-state index in [0.29, 0.717) is 31.7 Å². The number of aliphatic hydroxyl groups excluding tert-OH is 1. The molecule has 37 heavy (non-hydrogen) atoms. The number of nitrogens with zero attached hydrogens (tertiary/aromatic N) is 2. The zero-order chi connectivity index (χ0) is 26.9. The van der Waals surface area contributed by atoms with Crippen LogP contribution in [0.1, 0.15) is 57.9 Å². The molecule has 1 aromatic carbocycles. The summed E-state index contributed by atoms with van der Waals surface area (Å²) >= 11 is 0. The van der Waals surface area contributed by atoms with E-state index < -0.39 is 35.7 Å². The first-order valence-electron chi connectivity index (χ1n) is 13.5. The van der Waals surface area contributed by atoms with Gasteiger partial charge in [0.2, 0.25) is 5.91 Å². The first kappa shape index (κ1) is 29.3. The van der Waals surface area contributed by atoms with Crippen molar-refractivity contribution in [3.05, 3.63) is 35.4 Å². The number of amides is 3. The summed E-state index contributed by atoms with van der Waals surface area (Å²) in [6.45, 7) is 6.24. The normalized spacial score (nSPS) is 23.5. The third-order valence-electron chi connectivity index (χ3n) is 7.27. The first-order valence-corrected chi connectivity index (χ1v) is 13.5. The summed E-state index contributed by atoms with van der Waals surface area (Å²) in [7, 11) is 1.59. The Kier molecular flexibility index (Phi) is 11.1. The molecule has 1 aromatic rings. The van der Waals surface area contributed by atoms with Gasteiger partial charge in [-0.15, -0.1) is 0 Å². The molecular weight excluding hydrogens is 482 g/mol. The monoisotopic (exact) mass is 524 g/mol. The molecule has 208 valence electrons. The number of ether oxygens (including phenoxy) is 1. The summed E-state index contributed by atoms with van der Waals surface area (Å²) < 4.78 is 33.7. The number of urea groups is 1. The number of carbonyl (C=O) groups is 2. The van der Waals surface area contributed by atoms with Crippen LogP contribution in [0.5, 0.6) is 0 Å². The molecule has 2 aliphatic heterocycles. The first-order chi connectivity index (χ1) is 17.7. The summed E-state index contributed by atoms with van der Waals surface area (Å²) in [5.41, 5.74) is 0.327. The van der Waals surface area contributed by atoms with Crippen LogP contribution >= 0.6 is 0 Å². The van der Waals surface area contributed by atoms with Gasteiger partial charge in [0.1, 0.15) is 17.7 Å². The highest BCUT2D eigenvalue weighted by molar-refractivity contribution is 5.90. The summed E-state index contributed by atoms with van der Waals surface area (Å²) in [6.07, 6.45) is 4.39. The third-order valence-corrected chi connectivity index (χ3v) is 7.27. The maximum Gasteiger partial charge on any atom is 0.320 e. The Morgan fingerprint density at radius 3 is 2.57 bits per heavy atom. The van der Waals surface area contributed by atoms with Crippen LogP contribution in [0.25, 0.3) is 0 Å². The number of aliphatic hydroxyl groups is 1. The topological polar surface area (TPSA) is 94.1 Å². The van der Waals surface area contributed by atoms with Gasteiger partial charge in [0.05, 0.1) is 24.8 Å². The van der Waals surface area contributed by atoms with Crippen molar-refractivity contribution in [3.8, 4) is 0 Å². The van der Waals surface area contributed by atoms with Crippen molar-refractivity contribution in [3.63, 3.8) is 0 Å². The van der Waals surface area contributed by atoms with E-state index in [4.69, 9.17) is 4.74 Å². The van der Waals surface area contributed by atoms with Crippen LogP contribution in [-0.4, -0.2) is 90.5 Å². The Balaban J connectivity index is 1.70. The van der Waals surface area contributed by atoms with Crippen LogP contribution in [-0.2, 0) is 16.0 Å². The lowest BCUT2D eigenvalue weighted by molar-refractivity contribution is -0.126. The average molecular weight is 525 g/mol. The van der Waals surface area contributed by atoms with Gasteiger partial charge >= 0.3 is 6.03 Å². The minimum Gasteiger partial charge on any atom is -0.389 e. The molecule has 0 saturated carbocycles. The molecule has 1 unspecified atom stereocenters. The largest absolute Gasteiger partial charge is 0.389 e. The minimum atomic E-state index is -1.03. The molecule has 3 amide bonds. The van der Waals surface area contributed by atoms with Crippen molar-refractivity contribution in [1.29, 1.82) is 0 Å². The van der Waals surface area contributed by atoms with Gasteiger partial charge < -0.3 is 30.3 Å². The molecular formula is C27H42F2N4O4. The SMILES string of the molecule is CCCCCN1CC(C(=O)N[C@@H](Cc2cc(F)cc(F)c2)[C@H](O)[C@H]2C[C@@H](OCCCC)CN2)N(C)C1=O.